The molecule has 1 saturated carbocycles. The van der Waals surface area contributed by atoms with Crippen molar-refractivity contribution >= 4 is 11.8 Å². The van der Waals surface area contributed by atoms with E-state index in [4.69, 9.17) is 0 Å². The van der Waals surface area contributed by atoms with Gasteiger partial charge in [0.1, 0.15) is 5.78 Å². The van der Waals surface area contributed by atoms with Crippen molar-refractivity contribution in [3.63, 3.8) is 0 Å². The number of hydrogen-bond acceptors (Lipinski definition) is 6. The molecule has 6 heteroatoms. The minimum Gasteiger partial charge on any atom is -0.550 e. The highest BCUT2D eigenvalue weighted by atomic mass is 16.4. The van der Waals surface area contributed by atoms with E-state index in [1.165, 1.54) is 0 Å². The fourth-order valence-corrected chi connectivity index (χ4v) is 3.58. The third kappa shape index (κ3) is 8.43. The second-order valence-electron chi connectivity index (χ2n) is 7.38. The van der Waals surface area contributed by atoms with Gasteiger partial charge in [-0.3, -0.25) is 4.79 Å². The van der Waals surface area contributed by atoms with Crippen LogP contribution >= 0.6 is 0 Å². The molecule has 0 radical (unpaired) electrons. The van der Waals surface area contributed by atoms with Gasteiger partial charge in [-0.1, -0.05) is 38.3 Å². The number of aliphatic hydroxyl groups is 3. The van der Waals surface area contributed by atoms with Crippen LogP contribution in [0.3, 0.4) is 0 Å². The second kappa shape index (κ2) is 12.2. The molecule has 0 bridgehead atoms. The van der Waals surface area contributed by atoms with Gasteiger partial charge in [-0.2, -0.15) is 0 Å². The van der Waals surface area contributed by atoms with Gasteiger partial charge >= 0.3 is 0 Å². The Balaban J connectivity index is 2.50. The van der Waals surface area contributed by atoms with E-state index in [1.54, 1.807) is 12.2 Å². The fraction of sp³-hybridized carbons (Fsp3) is 0.800. The SMILES string of the molecule is CCCCC[C@H](O)/C=C/[C@@H]1[C@@H](CC(=O)CCCCC(=O)[O-])[C@@H](O)C[C@H]1O. The molecule has 0 aliphatic heterocycles. The number of carbonyl (C=O) groups excluding carboxylic acids is 2. The van der Waals surface area contributed by atoms with Crippen LogP contribution in [-0.4, -0.2) is 45.4 Å². The Kier molecular flexibility index (Phi) is 10.7. The van der Waals surface area contributed by atoms with Crippen LogP contribution in [0.15, 0.2) is 12.2 Å². The molecule has 1 aliphatic carbocycles. The smallest absolute Gasteiger partial charge is 0.133 e. The molecule has 5 atom stereocenters. The monoisotopic (exact) mass is 369 g/mol. The maximum Gasteiger partial charge on any atom is 0.133 e. The first kappa shape index (κ1) is 22.8. The van der Waals surface area contributed by atoms with E-state index in [2.05, 4.69) is 6.92 Å². The fourth-order valence-electron chi connectivity index (χ4n) is 3.58. The largest absolute Gasteiger partial charge is 0.550 e. The topological polar surface area (TPSA) is 118 Å². The third-order valence-electron chi connectivity index (χ3n) is 5.12. The van der Waals surface area contributed by atoms with Crippen molar-refractivity contribution in [3.05, 3.63) is 12.2 Å². The molecule has 0 unspecified atom stereocenters. The second-order valence-corrected chi connectivity index (χ2v) is 7.38. The first-order valence-corrected chi connectivity index (χ1v) is 9.79. The number of aliphatic hydroxyl groups excluding tert-OH is 3. The number of unbranched alkanes of at least 4 members (excludes halogenated alkanes) is 3. The van der Waals surface area contributed by atoms with E-state index in [0.29, 0.717) is 19.3 Å². The van der Waals surface area contributed by atoms with Crippen molar-refractivity contribution < 1.29 is 30.0 Å². The van der Waals surface area contributed by atoms with Gasteiger partial charge in [-0.05, 0) is 25.7 Å². The lowest BCUT2D eigenvalue weighted by Crippen LogP contribution is -2.24. The molecule has 0 spiro atoms. The lowest BCUT2D eigenvalue weighted by molar-refractivity contribution is -0.305. The van der Waals surface area contributed by atoms with Crippen molar-refractivity contribution in [1.29, 1.82) is 0 Å². The first-order chi connectivity index (χ1) is 12.3. The highest BCUT2D eigenvalue weighted by molar-refractivity contribution is 5.78. The zero-order valence-corrected chi connectivity index (χ0v) is 15.7. The number of carboxylic acid groups (broad SMARTS) is 1. The normalized spacial score (nSPS) is 27.1. The Morgan fingerprint density at radius 2 is 1.81 bits per heavy atom. The molecular formula is C20H33O6-. The summed E-state index contributed by atoms with van der Waals surface area (Å²) in [6, 6.07) is 0. The van der Waals surface area contributed by atoms with Crippen molar-refractivity contribution in [2.24, 2.45) is 11.8 Å². The standard InChI is InChI=1S/C20H34O6/c1-2-3-4-7-14(21)10-11-16-17(19(24)13-18(16)23)12-15(22)8-5-6-9-20(25)26/h10-11,14,16-19,21,23-24H,2-9,12-13H2,1H3,(H,25,26)/p-1/b11-10+/t14-,16+,17+,18+,19-/m0/s1. The summed E-state index contributed by atoms with van der Waals surface area (Å²) in [5.41, 5.74) is 0. The van der Waals surface area contributed by atoms with Crippen LogP contribution in [0.25, 0.3) is 0 Å². The molecule has 3 N–H and O–H groups in total. The quantitative estimate of drug-likeness (QED) is 0.331. The lowest BCUT2D eigenvalue weighted by Gasteiger charge is -2.20. The van der Waals surface area contributed by atoms with Gasteiger partial charge in [0.15, 0.2) is 0 Å². The van der Waals surface area contributed by atoms with E-state index in [1.807, 2.05) is 0 Å². The van der Waals surface area contributed by atoms with Crippen LogP contribution in [0.2, 0.25) is 0 Å². The van der Waals surface area contributed by atoms with Crippen LogP contribution in [0.1, 0.15) is 71.1 Å². The summed E-state index contributed by atoms with van der Waals surface area (Å²) < 4.78 is 0. The predicted molar refractivity (Wildman–Crippen MR) is 96.0 cm³/mol. The number of hydrogen-bond donors (Lipinski definition) is 3. The summed E-state index contributed by atoms with van der Waals surface area (Å²) in [6.45, 7) is 2.10. The van der Waals surface area contributed by atoms with E-state index >= 15 is 0 Å². The zero-order valence-electron chi connectivity index (χ0n) is 15.7. The van der Waals surface area contributed by atoms with Crippen molar-refractivity contribution in [2.45, 2.75) is 89.4 Å². The summed E-state index contributed by atoms with van der Waals surface area (Å²) in [5, 5.41) is 40.7. The third-order valence-corrected chi connectivity index (χ3v) is 5.12. The number of carbonyl (C=O) groups is 2. The summed E-state index contributed by atoms with van der Waals surface area (Å²) >= 11 is 0. The Labute approximate surface area is 155 Å². The van der Waals surface area contributed by atoms with Crippen LogP contribution in [0.4, 0.5) is 0 Å². The summed E-state index contributed by atoms with van der Waals surface area (Å²) in [5.74, 6) is -1.87. The molecule has 0 heterocycles. The number of rotatable bonds is 13. The molecule has 150 valence electrons. The molecule has 0 amide bonds. The molecule has 0 aromatic rings. The van der Waals surface area contributed by atoms with Gasteiger partial charge in [0.2, 0.25) is 0 Å². The molecular weight excluding hydrogens is 336 g/mol. The zero-order chi connectivity index (χ0) is 19.5. The molecule has 0 aromatic carbocycles. The Morgan fingerprint density at radius 1 is 1.12 bits per heavy atom. The van der Waals surface area contributed by atoms with Crippen LogP contribution in [0.5, 0.6) is 0 Å². The van der Waals surface area contributed by atoms with Crippen molar-refractivity contribution in [1.82, 2.24) is 0 Å². The van der Waals surface area contributed by atoms with Gasteiger partial charge in [-0.15, -0.1) is 0 Å². The molecule has 26 heavy (non-hydrogen) atoms. The van der Waals surface area contributed by atoms with E-state index in [-0.39, 0.29) is 43.3 Å². The van der Waals surface area contributed by atoms with Gasteiger partial charge in [0.25, 0.3) is 0 Å². The highest BCUT2D eigenvalue weighted by Gasteiger charge is 2.41. The molecule has 1 aliphatic rings. The summed E-state index contributed by atoms with van der Waals surface area (Å²) in [4.78, 5) is 22.5. The van der Waals surface area contributed by atoms with Gasteiger partial charge in [0.05, 0.1) is 18.3 Å². The van der Waals surface area contributed by atoms with Crippen LogP contribution in [-0.2, 0) is 9.59 Å². The average Bonchev–Trinajstić information content (AvgIpc) is 2.83. The Bertz CT molecular complexity index is 461. The van der Waals surface area contributed by atoms with E-state index in [0.717, 1.165) is 19.3 Å². The molecule has 0 saturated heterocycles. The van der Waals surface area contributed by atoms with Crippen LogP contribution < -0.4 is 5.11 Å². The number of aliphatic carboxylic acids is 1. The minimum absolute atomic E-state index is 0.0385. The number of ketones is 1. The van der Waals surface area contributed by atoms with E-state index in [9.17, 15) is 30.0 Å². The highest BCUT2D eigenvalue weighted by Crippen LogP contribution is 2.36. The van der Waals surface area contributed by atoms with Gasteiger partial charge in [0, 0.05) is 37.1 Å². The van der Waals surface area contributed by atoms with Gasteiger partial charge in [-0.25, -0.2) is 0 Å². The van der Waals surface area contributed by atoms with E-state index < -0.39 is 24.3 Å². The summed E-state index contributed by atoms with van der Waals surface area (Å²) in [7, 11) is 0. The van der Waals surface area contributed by atoms with Crippen molar-refractivity contribution in [3.8, 4) is 0 Å². The average molecular weight is 369 g/mol. The maximum atomic E-state index is 12.1. The maximum absolute atomic E-state index is 12.1. The number of Topliss-reactive ketones (excluding diaryl/α,β-unsaturated/α-hetero) is 1. The first-order valence-electron chi connectivity index (χ1n) is 9.79. The lowest BCUT2D eigenvalue weighted by atomic mass is 9.87. The Hall–Kier alpha value is -1.24. The van der Waals surface area contributed by atoms with Gasteiger partial charge < -0.3 is 25.2 Å². The molecule has 1 rings (SSSR count). The molecule has 6 nitrogen and oxygen atoms in total. The summed E-state index contributed by atoms with van der Waals surface area (Å²) in [6.07, 6.45) is 6.58. The van der Waals surface area contributed by atoms with Crippen LogP contribution in [0, 0.1) is 11.8 Å². The predicted octanol–water partition coefficient (Wildman–Crippen LogP) is 1.11. The van der Waals surface area contributed by atoms with Crippen molar-refractivity contribution in [2.75, 3.05) is 0 Å². The number of carboxylic acids is 1. The minimum atomic E-state index is -1.12. The molecule has 1 fully saturated rings. The Morgan fingerprint density at radius 3 is 2.46 bits per heavy atom. The molecule has 0 aromatic heterocycles.